The number of benzene rings is 2. The minimum atomic E-state index is -0.226. The molecule has 6 nitrogen and oxygen atoms in total. The lowest BCUT2D eigenvalue weighted by molar-refractivity contribution is 0.103. The Kier molecular flexibility index (Phi) is 6.66. The molecule has 0 spiro atoms. The Labute approximate surface area is 190 Å². The number of aromatic nitrogens is 2. The number of nitrogens with one attached hydrogen (secondary N) is 1. The molecule has 2 aromatic heterocycles. The first-order valence-corrected chi connectivity index (χ1v) is 11.4. The molecule has 0 atom stereocenters. The number of aryl methyl sites for hydroxylation is 3. The van der Waals surface area contributed by atoms with Crippen LogP contribution >= 0.6 is 11.3 Å². The first kappa shape index (κ1) is 21.8. The number of ether oxygens (including phenoxy) is 1. The highest BCUT2D eigenvalue weighted by Gasteiger charge is 2.19. The van der Waals surface area contributed by atoms with Gasteiger partial charge in [-0.15, -0.1) is 11.3 Å². The van der Waals surface area contributed by atoms with Gasteiger partial charge in [-0.25, -0.2) is 4.98 Å². The van der Waals surface area contributed by atoms with Crippen LogP contribution < -0.4 is 15.6 Å². The molecule has 2 aromatic carbocycles. The first-order chi connectivity index (χ1) is 15.5. The molecule has 2 heterocycles. The summed E-state index contributed by atoms with van der Waals surface area (Å²) < 4.78 is 7.45. The summed E-state index contributed by atoms with van der Waals surface area (Å²) >= 11 is 1.25. The monoisotopic (exact) mass is 447 g/mol. The molecule has 0 saturated carbocycles. The number of nitrogens with zero attached hydrogens (tertiary/aromatic N) is 2. The van der Waals surface area contributed by atoms with Crippen LogP contribution in [0.25, 0.3) is 10.2 Å². The van der Waals surface area contributed by atoms with Crippen molar-refractivity contribution in [3.8, 4) is 5.75 Å². The van der Waals surface area contributed by atoms with Crippen LogP contribution in [0.1, 0.15) is 33.6 Å². The average molecular weight is 448 g/mol. The van der Waals surface area contributed by atoms with Crippen LogP contribution in [0.5, 0.6) is 5.75 Å². The van der Waals surface area contributed by atoms with E-state index in [1.807, 2.05) is 68.4 Å². The molecule has 7 heteroatoms. The fraction of sp³-hybridized carbons (Fsp3) is 0.240. The molecule has 0 bridgehead atoms. The lowest BCUT2D eigenvalue weighted by atomic mass is 10.2. The summed E-state index contributed by atoms with van der Waals surface area (Å²) in [4.78, 5) is 31.3. The van der Waals surface area contributed by atoms with E-state index in [2.05, 4.69) is 10.3 Å². The molecule has 0 aliphatic heterocycles. The Morgan fingerprint density at radius 1 is 1.06 bits per heavy atom. The highest BCUT2D eigenvalue weighted by molar-refractivity contribution is 7.20. The number of amides is 1. The predicted octanol–water partition coefficient (Wildman–Crippen LogP) is 5.19. The zero-order valence-corrected chi connectivity index (χ0v) is 18.9. The van der Waals surface area contributed by atoms with Gasteiger partial charge >= 0.3 is 0 Å². The molecular formula is C25H25N3O3S. The summed E-state index contributed by atoms with van der Waals surface area (Å²) in [7, 11) is 0. The number of carbonyl (C=O) groups excluding carboxylic acids is 1. The second-order valence-electron chi connectivity index (χ2n) is 7.62. The van der Waals surface area contributed by atoms with Crippen LogP contribution in [-0.2, 0) is 6.54 Å². The van der Waals surface area contributed by atoms with E-state index in [0.717, 1.165) is 24.2 Å². The maximum absolute atomic E-state index is 13.0. The number of hydrogen-bond donors (Lipinski definition) is 1. The second kappa shape index (κ2) is 9.78. The maximum atomic E-state index is 13.0. The van der Waals surface area contributed by atoms with Gasteiger partial charge in [0.25, 0.3) is 11.5 Å². The Morgan fingerprint density at radius 2 is 1.81 bits per heavy atom. The summed E-state index contributed by atoms with van der Waals surface area (Å²) in [5.74, 6) is 0.666. The Balaban J connectivity index is 1.42. The van der Waals surface area contributed by atoms with Gasteiger partial charge in [0.15, 0.2) is 0 Å². The normalized spacial score (nSPS) is 10.9. The number of para-hydroxylation sites is 2. The lowest BCUT2D eigenvalue weighted by Crippen LogP contribution is -2.21. The number of unbranched alkanes of at least 4 members (excludes halogenated alkanes) is 1. The molecule has 0 unspecified atom stereocenters. The van der Waals surface area contributed by atoms with Crippen molar-refractivity contribution >= 4 is 33.1 Å². The van der Waals surface area contributed by atoms with E-state index in [1.165, 1.54) is 11.3 Å². The van der Waals surface area contributed by atoms with Crippen LogP contribution in [0.4, 0.5) is 5.69 Å². The van der Waals surface area contributed by atoms with Crippen molar-refractivity contribution in [3.05, 3.63) is 87.3 Å². The van der Waals surface area contributed by atoms with Crippen molar-refractivity contribution in [2.75, 3.05) is 11.9 Å². The van der Waals surface area contributed by atoms with Gasteiger partial charge in [-0.2, -0.15) is 0 Å². The zero-order chi connectivity index (χ0) is 22.5. The Hall–Kier alpha value is -3.45. The van der Waals surface area contributed by atoms with E-state index in [-0.39, 0.29) is 11.5 Å². The third-order valence-electron chi connectivity index (χ3n) is 5.30. The van der Waals surface area contributed by atoms with E-state index >= 15 is 0 Å². The molecule has 0 aliphatic rings. The van der Waals surface area contributed by atoms with Gasteiger partial charge < -0.3 is 10.1 Å². The zero-order valence-electron chi connectivity index (χ0n) is 18.1. The molecular weight excluding hydrogens is 422 g/mol. The molecule has 1 amide bonds. The van der Waals surface area contributed by atoms with Gasteiger partial charge in [-0.3, -0.25) is 14.2 Å². The minimum absolute atomic E-state index is 0.109. The summed E-state index contributed by atoms with van der Waals surface area (Å²) in [5, 5.41) is 3.40. The smallest absolute Gasteiger partial charge is 0.266 e. The van der Waals surface area contributed by atoms with Gasteiger partial charge in [0, 0.05) is 12.2 Å². The van der Waals surface area contributed by atoms with Crippen molar-refractivity contribution in [3.63, 3.8) is 0 Å². The summed E-state index contributed by atoms with van der Waals surface area (Å²) in [6, 6.07) is 17.2. The van der Waals surface area contributed by atoms with Crippen LogP contribution in [-0.4, -0.2) is 22.1 Å². The highest BCUT2D eigenvalue weighted by atomic mass is 32.1. The van der Waals surface area contributed by atoms with Crippen LogP contribution in [0.15, 0.2) is 65.7 Å². The number of thiophene rings is 1. The predicted molar refractivity (Wildman–Crippen MR) is 129 cm³/mol. The van der Waals surface area contributed by atoms with E-state index in [1.54, 1.807) is 10.9 Å². The molecule has 0 fully saturated rings. The van der Waals surface area contributed by atoms with Crippen molar-refractivity contribution < 1.29 is 9.53 Å². The first-order valence-electron chi connectivity index (χ1n) is 10.6. The Morgan fingerprint density at radius 3 is 2.59 bits per heavy atom. The van der Waals surface area contributed by atoms with Gasteiger partial charge in [0.2, 0.25) is 0 Å². The summed E-state index contributed by atoms with van der Waals surface area (Å²) in [6.07, 6.45) is 3.19. The van der Waals surface area contributed by atoms with Crippen molar-refractivity contribution in [1.82, 2.24) is 9.55 Å². The lowest BCUT2D eigenvalue weighted by Gasteiger charge is -2.09. The van der Waals surface area contributed by atoms with Crippen molar-refractivity contribution in [2.24, 2.45) is 0 Å². The number of carbonyl (C=O) groups is 1. The van der Waals surface area contributed by atoms with Gasteiger partial charge in [0.05, 0.1) is 23.2 Å². The number of rotatable bonds is 8. The number of hydrogen-bond acceptors (Lipinski definition) is 5. The Bertz CT molecular complexity index is 1300. The molecule has 4 aromatic rings. The largest absolute Gasteiger partial charge is 0.493 e. The summed E-state index contributed by atoms with van der Waals surface area (Å²) in [6.45, 7) is 4.98. The van der Waals surface area contributed by atoms with Crippen LogP contribution in [0.3, 0.4) is 0 Å². The third kappa shape index (κ3) is 4.73. The fourth-order valence-corrected chi connectivity index (χ4v) is 4.56. The highest BCUT2D eigenvalue weighted by Crippen LogP contribution is 2.27. The van der Waals surface area contributed by atoms with E-state index in [0.29, 0.717) is 39.5 Å². The van der Waals surface area contributed by atoms with Gasteiger partial charge in [0.1, 0.15) is 10.6 Å². The van der Waals surface area contributed by atoms with Gasteiger partial charge in [-0.05, 0) is 56.0 Å². The third-order valence-corrected chi connectivity index (χ3v) is 6.50. The topological polar surface area (TPSA) is 73.2 Å². The number of fused-ring (bicyclic) bond motifs is 1. The fourth-order valence-electron chi connectivity index (χ4n) is 3.53. The van der Waals surface area contributed by atoms with Gasteiger partial charge in [-0.1, -0.05) is 36.4 Å². The quantitative estimate of drug-likeness (QED) is 0.378. The molecule has 0 radical (unpaired) electrons. The molecule has 4 rings (SSSR count). The molecule has 0 aliphatic carbocycles. The van der Waals surface area contributed by atoms with E-state index < -0.39 is 0 Å². The van der Waals surface area contributed by atoms with Crippen molar-refractivity contribution in [1.29, 1.82) is 0 Å². The average Bonchev–Trinajstić information content (AvgIpc) is 3.14. The molecule has 1 N–H and O–H groups in total. The minimum Gasteiger partial charge on any atom is -0.493 e. The number of anilines is 1. The van der Waals surface area contributed by atoms with E-state index in [4.69, 9.17) is 4.74 Å². The van der Waals surface area contributed by atoms with Crippen LogP contribution in [0.2, 0.25) is 0 Å². The molecule has 32 heavy (non-hydrogen) atoms. The second-order valence-corrected chi connectivity index (χ2v) is 8.62. The summed E-state index contributed by atoms with van der Waals surface area (Å²) in [5.41, 5.74) is 2.39. The van der Waals surface area contributed by atoms with E-state index in [9.17, 15) is 9.59 Å². The molecule has 164 valence electrons. The van der Waals surface area contributed by atoms with Crippen molar-refractivity contribution in [2.45, 2.75) is 33.2 Å². The molecule has 0 saturated heterocycles. The standard InChI is InChI=1S/C25H25N3O3S/c1-17-10-6-7-13-20(17)31-15-9-8-14-28-16-26-24-21(25(28)30)18(2)22(32-24)23(29)27-19-11-4-3-5-12-19/h3-7,10-13,16H,8-9,14-15H2,1-2H3,(H,27,29). The SMILES string of the molecule is Cc1ccccc1OCCCCn1cnc2sc(C(=O)Nc3ccccc3)c(C)c2c1=O. The maximum Gasteiger partial charge on any atom is 0.266 e. The van der Waals surface area contributed by atoms with Crippen LogP contribution in [0, 0.1) is 13.8 Å².